The highest BCUT2D eigenvalue weighted by Gasteiger charge is 2.41. The van der Waals surface area contributed by atoms with E-state index in [2.05, 4.69) is 95.5 Å². The Morgan fingerprint density at radius 2 is 0.954 bits per heavy atom. The fourth-order valence-electron chi connectivity index (χ4n) is 9.35. The highest BCUT2D eigenvalue weighted by Crippen LogP contribution is 2.47. The molecule has 3 aromatic rings. The number of benzene rings is 3. The van der Waals surface area contributed by atoms with Gasteiger partial charge in [0.1, 0.15) is 24.2 Å². The molecule has 3 aliphatic heterocycles. The molecule has 0 saturated carbocycles. The molecule has 3 fully saturated rings. The highest BCUT2D eigenvalue weighted by atomic mass is 16.5. The zero-order valence-electron chi connectivity index (χ0n) is 39.3. The number of amides is 6. The summed E-state index contributed by atoms with van der Waals surface area (Å²) in [6.07, 6.45) is 2.77. The summed E-state index contributed by atoms with van der Waals surface area (Å²) in [5.41, 5.74) is 5.75. The Labute approximate surface area is 383 Å². The van der Waals surface area contributed by atoms with Crippen LogP contribution in [0.15, 0.2) is 72.8 Å². The Balaban J connectivity index is 1.17. The molecule has 2 unspecified atom stereocenters. The maximum absolute atomic E-state index is 13.7. The van der Waals surface area contributed by atoms with Crippen molar-refractivity contribution in [1.29, 1.82) is 0 Å². The SMILES string of the molecule is COC(=O)NC(C(=O)N1CCC[C@H]1C(=O)Nc1ccc(C2CC[C@@H](c3ccc(NC(=O)[C@@H]4CCCN4C(=O)[C@@H](NC(=O)OC)C(C)C)cc3)N2c2ccc(C(C)(C)C)cc2)cc1)C(C)C. The number of nitrogens with one attached hydrogen (secondary N) is 4. The molecule has 0 radical (unpaired) electrons. The number of carbonyl (C=O) groups excluding carboxylic acids is 6. The molecule has 350 valence electrons. The Bertz CT molecular complexity index is 2050. The summed E-state index contributed by atoms with van der Waals surface area (Å²) in [7, 11) is 2.50. The molecule has 15 heteroatoms. The van der Waals surface area contributed by atoms with Crippen molar-refractivity contribution in [2.24, 2.45) is 11.8 Å². The van der Waals surface area contributed by atoms with Crippen molar-refractivity contribution in [2.75, 3.05) is 42.8 Å². The molecule has 3 aliphatic rings. The molecule has 65 heavy (non-hydrogen) atoms. The number of hydrogen-bond donors (Lipinski definition) is 4. The van der Waals surface area contributed by atoms with Gasteiger partial charge in [0.25, 0.3) is 0 Å². The van der Waals surface area contributed by atoms with Gasteiger partial charge in [0.2, 0.25) is 23.6 Å². The number of anilines is 3. The number of rotatable bonds is 13. The molecule has 3 saturated heterocycles. The van der Waals surface area contributed by atoms with Gasteiger partial charge in [0, 0.05) is 30.2 Å². The zero-order chi connectivity index (χ0) is 47.2. The summed E-state index contributed by atoms with van der Waals surface area (Å²) in [4.78, 5) is 84.1. The van der Waals surface area contributed by atoms with Crippen molar-refractivity contribution in [2.45, 2.75) is 129 Å². The second kappa shape index (κ2) is 20.8. The molecule has 6 amide bonds. The predicted molar refractivity (Wildman–Crippen MR) is 250 cm³/mol. The van der Waals surface area contributed by atoms with Gasteiger partial charge in [-0.3, -0.25) is 19.2 Å². The summed E-state index contributed by atoms with van der Waals surface area (Å²) in [6.45, 7) is 14.8. The predicted octanol–water partition coefficient (Wildman–Crippen LogP) is 7.69. The molecule has 4 N–H and O–H groups in total. The lowest BCUT2D eigenvalue weighted by molar-refractivity contribution is -0.139. The smallest absolute Gasteiger partial charge is 0.407 e. The second-order valence-corrected chi connectivity index (χ2v) is 19.1. The van der Waals surface area contributed by atoms with Crippen LogP contribution < -0.4 is 26.2 Å². The molecule has 0 spiro atoms. The number of carbonyl (C=O) groups is 6. The fourth-order valence-corrected chi connectivity index (χ4v) is 9.35. The van der Waals surface area contributed by atoms with E-state index in [0.717, 1.165) is 29.7 Å². The van der Waals surface area contributed by atoms with E-state index in [4.69, 9.17) is 9.47 Å². The zero-order valence-corrected chi connectivity index (χ0v) is 39.3. The van der Waals surface area contributed by atoms with Crippen molar-refractivity contribution in [3.63, 3.8) is 0 Å². The minimum Gasteiger partial charge on any atom is -0.453 e. The molecule has 0 bridgehead atoms. The maximum atomic E-state index is 13.7. The third-order valence-corrected chi connectivity index (χ3v) is 13.0. The molecular weight excluding hydrogens is 827 g/mol. The van der Waals surface area contributed by atoms with E-state index in [-0.39, 0.29) is 53.0 Å². The lowest BCUT2D eigenvalue weighted by atomic mass is 9.87. The summed E-state index contributed by atoms with van der Waals surface area (Å²) >= 11 is 0. The van der Waals surface area contributed by atoms with Crippen LogP contribution in [0, 0.1) is 11.8 Å². The van der Waals surface area contributed by atoms with Crippen LogP contribution in [0.2, 0.25) is 0 Å². The summed E-state index contributed by atoms with van der Waals surface area (Å²) < 4.78 is 9.49. The Morgan fingerprint density at radius 1 is 0.569 bits per heavy atom. The number of alkyl carbamates (subject to hydrolysis) is 2. The number of hydrogen-bond acceptors (Lipinski definition) is 9. The van der Waals surface area contributed by atoms with Gasteiger partial charge in [-0.05, 0) is 109 Å². The third-order valence-electron chi connectivity index (χ3n) is 13.0. The second-order valence-electron chi connectivity index (χ2n) is 19.1. The van der Waals surface area contributed by atoms with Crippen molar-refractivity contribution in [3.8, 4) is 0 Å². The minimum atomic E-state index is -0.814. The topological polar surface area (TPSA) is 179 Å². The summed E-state index contributed by atoms with van der Waals surface area (Å²) in [6, 6.07) is 21.7. The van der Waals surface area contributed by atoms with E-state index in [1.807, 2.05) is 52.0 Å². The molecule has 6 rings (SSSR count). The maximum Gasteiger partial charge on any atom is 0.407 e. The van der Waals surface area contributed by atoms with Crippen LogP contribution in [-0.4, -0.2) is 97.1 Å². The molecule has 6 atom stereocenters. The first-order valence-corrected chi connectivity index (χ1v) is 22.9. The van der Waals surface area contributed by atoms with Gasteiger partial charge < -0.3 is 45.4 Å². The lowest BCUT2D eigenvalue weighted by Gasteiger charge is -2.34. The van der Waals surface area contributed by atoms with Crippen LogP contribution in [-0.2, 0) is 34.1 Å². The number of nitrogens with zero attached hydrogens (tertiary/aromatic N) is 3. The van der Waals surface area contributed by atoms with Gasteiger partial charge in [-0.1, -0.05) is 84.9 Å². The highest BCUT2D eigenvalue weighted by molar-refractivity contribution is 5.99. The van der Waals surface area contributed by atoms with Crippen molar-refractivity contribution in [1.82, 2.24) is 20.4 Å². The fraction of sp³-hybridized carbons (Fsp3) is 0.520. The quantitative estimate of drug-likeness (QED) is 0.134. The normalized spacial score (nSPS) is 20.6. The largest absolute Gasteiger partial charge is 0.453 e. The van der Waals surface area contributed by atoms with Crippen molar-refractivity contribution < 1.29 is 38.2 Å². The molecular formula is C50H67N7O8. The Hall–Kier alpha value is -6.12. The summed E-state index contributed by atoms with van der Waals surface area (Å²) in [5.74, 6) is -1.55. The van der Waals surface area contributed by atoms with E-state index in [1.54, 1.807) is 9.80 Å². The van der Waals surface area contributed by atoms with Crippen LogP contribution in [0.3, 0.4) is 0 Å². The summed E-state index contributed by atoms with van der Waals surface area (Å²) in [5, 5.41) is 11.3. The minimum absolute atomic E-state index is 0.0132. The van der Waals surface area contributed by atoms with Crippen molar-refractivity contribution in [3.05, 3.63) is 89.5 Å². The van der Waals surface area contributed by atoms with E-state index >= 15 is 0 Å². The van der Waals surface area contributed by atoms with Crippen LogP contribution in [0.25, 0.3) is 0 Å². The molecule has 3 aromatic carbocycles. The Kier molecular flexibility index (Phi) is 15.5. The third kappa shape index (κ3) is 11.2. The number of ether oxygens (including phenoxy) is 2. The van der Waals surface area contributed by atoms with Gasteiger partial charge in [0.05, 0.1) is 26.3 Å². The van der Waals surface area contributed by atoms with E-state index in [0.29, 0.717) is 50.1 Å². The molecule has 0 aliphatic carbocycles. The van der Waals surface area contributed by atoms with Gasteiger partial charge in [-0.15, -0.1) is 0 Å². The van der Waals surface area contributed by atoms with E-state index in [1.165, 1.54) is 19.8 Å². The average molecular weight is 894 g/mol. The Morgan fingerprint density at radius 3 is 1.29 bits per heavy atom. The first kappa shape index (κ1) is 48.3. The standard InChI is InChI=1S/C50H67N7O8/c1-30(2)42(53-48(62)64-8)46(60)55-28-10-12-40(55)44(58)51-35-20-14-32(15-21-35)38-26-27-39(57(38)37-24-18-34(19-25-37)50(5,6)7)33-16-22-36(23-17-33)52-45(59)41-13-11-29-56(41)47(61)43(31(3)4)54-49(63)65-9/h14-25,30-31,38-43H,10-13,26-29H2,1-9H3,(H,51,58)(H,52,59)(H,53,62)(H,54,63)/t38-,39?,40-,41-,42-,43?/m0/s1. The number of methoxy groups -OCH3 is 2. The molecule has 15 nitrogen and oxygen atoms in total. The van der Waals surface area contributed by atoms with E-state index < -0.39 is 36.4 Å². The first-order valence-electron chi connectivity index (χ1n) is 22.9. The monoisotopic (exact) mass is 894 g/mol. The van der Waals surface area contributed by atoms with Crippen LogP contribution in [0.5, 0.6) is 0 Å². The van der Waals surface area contributed by atoms with Gasteiger partial charge in [0.15, 0.2) is 0 Å². The van der Waals surface area contributed by atoms with Gasteiger partial charge in [-0.2, -0.15) is 0 Å². The average Bonchev–Trinajstić information content (AvgIpc) is 4.08. The van der Waals surface area contributed by atoms with E-state index in [9.17, 15) is 28.8 Å². The lowest BCUT2D eigenvalue weighted by Crippen LogP contribution is -2.54. The first-order chi connectivity index (χ1) is 30.9. The van der Waals surface area contributed by atoms with Crippen LogP contribution >= 0.6 is 0 Å². The van der Waals surface area contributed by atoms with Crippen LogP contribution in [0.1, 0.15) is 116 Å². The van der Waals surface area contributed by atoms with Crippen LogP contribution in [0.4, 0.5) is 26.7 Å². The molecule has 3 heterocycles. The van der Waals surface area contributed by atoms with Gasteiger partial charge in [-0.25, -0.2) is 9.59 Å². The van der Waals surface area contributed by atoms with Crippen molar-refractivity contribution >= 4 is 52.9 Å². The molecule has 0 aromatic heterocycles. The number of likely N-dealkylation sites (tertiary alicyclic amines) is 2. The van der Waals surface area contributed by atoms with Gasteiger partial charge >= 0.3 is 12.2 Å².